The zero-order chi connectivity index (χ0) is 9.73. The van der Waals surface area contributed by atoms with Crippen LogP contribution in [0.15, 0.2) is 0 Å². The molecule has 0 aromatic carbocycles. The normalized spacial score (nSPS) is 21.5. The summed E-state index contributed by atoms with van der Waals surface area (Å²) >= 11 is 0. The van der Waals surface area contributed by atoms with E-state index in [-0.39, 0.29) is 11.5 Å². The number of hydrogen-bond donors (Lipinski definition) is 2. The summed E-state index contributed by atoms with van der Waals surface area (Å²) in [6, 6.07) is 0. The molecule has 1 fully saturated rings. The van der Waals surface area contributed by atoms with Crippen LogP contribution in [0.5, 0.6) is 0 Å². The molecule has 0 saturated heterocycles. The Morgan fingerprint density at radius 2 is 2.00 bits per heavy atom. The summed E-state index contributed by atoms with van der Waals surface area (Å²) in [4.78, 5) is 0. The Morgan fingerprint density at radius 1 is 1.31 bits per heavy atom. The fraction of sp³-hybridized carbons (Fsp3) is 1.00. The van der Waals surface area contributed by atoms with Gasteiger partial charge in [0.1, 0.15) is 0 Å². The third kappa shape index (κ3) is 2.96. The average molecular weight is 185 g/mol. The van der Waals surface area contributed by atoms with Crippen LogP contribution in [0.25, 0.3) is 0 Å². The molecule has 1 aliphatic rings. The van der Waals surface area contributed by atoms with Crippen molar-refractivity contribution in [1.82, 2.24) is 0 Å². The summed E-state index contributed by atoms with van der Waals surface area (Å²) in [5, 5.41) is 9.86. The Morgan fingerprint density at radius 3 is 2.46 bits per heavy atom. The van der Waals surface area contributed by atoms with Crippen LogP contribution in [-0.4, -0.2) is 17.8 Å². The van der Waals surface area contributed by atoms with Crippen LogP contribution in [0.4, 0.5) is 0 Å². The highest BCUT2D eigenvalue weighted by atomic mass is 16.3. The van der Waals surface area contributed by atoms with Gasteiger partial charge >= 0.3 is 0 Å². The van der Waals surface area contributed by atoms with Gasteiger partial charge in [-0.2, -0.15) is 0 Å². The van der Waals surface area contributed by atoms with Gasteiger partial charge in [-0.05, 0) is 19.3 Å². The van der Waals surface area contributed by atoms with E-state index in [0.717, 1.165) is 25.7 Å². The fourth-order valence-electron chi connectivity index (χ4n) is 1.90. The number of aliphatic hydroxyl groups is 1. The maximum absolute atomic E-state index is 9.86. The molecular weight excluding hydrogens is 162 g/mol. The Balaban J connectivity index is 2.07. The molecule has 1 atom stereocenters. The molecule has 2 nitrogen and oxygen atoms in total. The highest BCUT2D eigenvalue weighted by Crippen LogP contribution is 2.48. The molecule has 0 aromatic rings. The second-order valence-electron chi connectivity index (χ2n) is 4.43. The van der Waals surface area contributed by atoms with E-state index in [1.54, 1.807) is 0 Å². The van der Waals surface area contributed by atoms with E-state index in [9.17, 15) is 5.11 Å². The van der Waals surface area contributed by atoms with Crippen molar-refractivity contribution >= 4 is 0 Å². The van der Waals surface area contributed by atoms with E-state index in [4.69, 9.17) is 5.73 Å². The molecule has 0 radical (unpaired) electrons. The minimum absolute atomic E-state index is 0.130. The van der Waals surface area contributed by atoms with E-state index in [1.165, 1.54) is 19.3 Å². The zero-order valence-corrected chi connectivity index (χ0v) is 8.76. The third-order valence-corrected chi connectivity index (χ3v) is 3.34. The van der Waals surface area contributed by atoms with Gasteiger partial charge in [0.25, 0.3) is 0 Å². The highest BCUT2D eigenvalue weighted by molar-refractivity contribution is 4.99. The summed E-state index contributed by atoms with van der Waals surface area (Å²) in [6.45, 7) is 2.88. The van der Waals surface area contributed by atoms with Crippen LogP contribution < -0.4 is 5.73 Å². The van der Waals surface area contributed by atoms with E-state index in [0.29, 0.717) is 6.54 Å². The molecule has 78 valence electrons. The number of aliphatic hydroxyl groups excluding tert-OH is 1. The largest absolute Gasteiger partial charge is 0.393 e. The molecule has 3 N–H and O–H groups in total. The second kappa shape index (κ2) is 4.97. The molecule has 1 aliphatic carbocycles. The molecule has 0 heterocycles. The maximum atomic E-state index is 9.86. The summed E-state index contributed by atoms with van der Waals surface area (Å²) in [7, 11) is 0. The molecular formula is C11H23NO. The molecule has 1 unspecified atom stereocenters. The van der Waals surface area contributed by atoms with Crippen LogP contribution in [0, 0.1) is 5.41 Å². The standard InChI is InChI=1S/C11H23NO/c1-2-3-4-5-6-10(13)11(9-12)7-8-11/h10,13H,2-9,12H2,1H3. The Kier molecular flexibility index (Phi) is 4.20. The van der Waals surface area contributed by atoms with Crippen molar-refractivity contribution in [2.45, 2.75) is 58.0 Å². The van der Waals surface area contributed by atoms with Gasteiger partial charge in [0.2, 0.25) is 0 Å². The molecule has 13 heavy (non-hydrogen) atoms. The number of hydrogen-bond acceptors (Lipinski definition) is 2. The number of rotatable bonds is 7. The highest BCUT2D eigenvalue weighted by Gasteiger charge is 2.46. The molecule has 1 rings (SSSR count). The lowest BCUT2D eigenvalue weighted by atomic mass is 9.94. The molecule has 0 amide bonds. The Labute approximate surface area is 81.5 Å². The SMILES string of the molecule is CCCCCCC(O)C1(CN)CC1. The van der Waals surface area contributed by atoms with Crippen molar-refractivity contribution in [3.05, 3.63) is 0 Å². The fourth-order valence-corrected chi connectivity index (χ4v) is 1.90. The first-order valence-electron chi connectivity index (χ1n) is 5.63. The van der Waals surface area contributed by atoms with Crippen molar-refractivity contribution in [2.24, 2.45) is 11.1 Å². The van der Waals surface area contributed by atoms with Gasteiger partial charge in [-0.3, -0.25) is 0 Å². The molecule has 0 aliphatic heterocycles. The van der Waals surface area contributed by atoms with E-state index < -0.39 is 0 Å². The quantitative estimate of drug-likeness (QED) is 0.596. The van der Waals surface area contributed by atoms with Gasteiger partial charge in [0.05, 0.1) is 6.10 Å². The maximum Gasteiger partial charge on any atom is 0.0608 e. The predicted molar refractivity (Wildman–Crippen MR) is 55.5 cm³/mol. The van der Waals surface area contributed by atoms with Crippen molar-refractivity contribution in [3.63, 3.8) is 0 Å². The minimum atomic E-state index is -0.130. The first-order valence-corrected chi connectivity index (χ1v) is 5.63. The lowest BCUT2D eigenvalue weighted by Crippen LogP contribution is -2.29. The average Bonchev–Trinajstić information content (AvgIpc) is 2.93. The number of unbranched alkanes of at least 4 members (excludes halogenated alkanes) is 3. The van der Waals surface area contributed by atoms with Crippen molar-refractivity contribution in [1.29, 1.82) is 0 Å². The summed E-state index contributed by atoms with van der Waals surface area (Å²) < 4.78 is 0. The van der Waals surface area contributed by atoms with Crippen LogP contribution in [0.2, 0.25) is 0 Å². The molecule has 0 aromatic heterocycles. The van der Waals surface area contributed by atoms with Crippen LogP contribution in [0.3, 0.4) is 0 Å². The topological polar surface area (TPSA) is 46.2 Å². The summed E-state index contributed by atoms with van der Waals surface area (Å²) in [5.74, 6) is 0. The van der Waals surface area contributed by atoms with Gasteiger partial charge in [0, 0.05) is 12.0 Å². The molecule has 0 bridgehead atoms. The predicted octanol–water partition coefficient (Wildman–Crippen LogP) is 2.06. The van der Waals surface area contributed by atoms with Gasteiger partial charge in [-0.25, -0.2) is 0 Å². The van der Waals surface area contributed by atoms with Crippen molar-refractivity contribution < 1.29 is 5.11 Å². The van der Waals surface area contributed by atoms with Crippen molar-refractivity contribution in [2.75, 3.05) is 6.54 Å². The molecule has 2 heteroatoms. The minimum Gasteiger partial charge on any atom is -0.393 e. The van der Waals surface area contributed by atoms with Crippen LogP contribution >= 0.6 is 0 Å². The lowest BCUT2D eigenvalue weighted by molar-refractivity contribution is 0.0858. The molecule has 1 saturated carbocycles. The Hall–Kier alpha value is -0.0800. The van der Waals surface area contributed by atoms with Crippen molar-refractivity contribution in [3.8, 4) is 0 Å². The summed E-state index contributed by atoms with van der Waals surface area (Å²) in [6.07, 6.45) is 8.08. The number of nitrogens with two attached hydrogens (primary N) is 1. The van der Waals surface area contributed by atoms with Gasteiger partial charge in [0.15, 0.2) is 0 Å². The Bertz CT molecular complexity index is 143. The van der Waals surface area contributed by atoms with E-state index in [2.05, 4.69) is 6.92 Å². The van der Waals surface area contributed by atoms with Crippen LogP contribution in [-0.2, 0) is 0 Å². The third-order valence-electron chi connectivity index (χ3n) is 3.34. The molecule has 0 spiro atoms. The second-order valence-corrected chi connectivity index (χ2v) is 4.43. The van der Waals surface area contributed by atoms with E-state index in [1.807, 2.05) is 0 Å². The first kappa shape index (κ1) is 11.0. The monoisotopic (exact) mass is 185 g/mol. The summed E-state index contributed by atoms with van der Waals surface area (Å²) in [5.41, 5.74) is 5.77. The lowest BCUT2D eigenvalue weighted by Gasteiger charge is -2.20. The smallest absolute Gasteiger partial charge is 0.0608 e. The zero-order valence-electron chi connectivity index (χ0n) is 8.76. The van der Waals surface area contributed by atoms with Crippen LogP contribution in [0.1, 0.15) is 51.9 Å². The van der Waals surface area contributed by atoms with E-state index >= 15 is 0 Å². The van der Waals surface area contributed by atoms with Gasteiger partial charge < -0.3 is 10.8 Å². The van der Waals surface area contributed by atoms with Gasteiger partial charge in [-0.1, -0.05) is 32.6 Å². The van der Waals surface area contributed by atoms with Gasteiger partial charge in [-0.15, -0.1) is 0 Å². The first-order chi connectivity index (χ1) is 6.25.